The molecule has 3 N–H and O–H groups in total. The summed E-state index contributed by atoms with van der Waals surface area (Å²) >= 11 is 0. The zero-order chi connectivity index (χ0) is 29.3. The van der Waals surface area contributed by atoms with Gasteiger partial charge >= 0.3 is 23.9 Å². The van der Waals surface area contributed by atoms with Crippen LogP contribution in [0.5, 0.6) is 11.5 Å². The van der Waals surface area contributed by atoms with Gasteiger partial charge in [-0.15, -0.1) is 0 Å². The first-order valence-electron chi connectivity index (χ1n) is 13.4. The molecule has 2 unspecified atom stereocenters. The van der Waals surface area contributed by atoms with Gasteiger partial charge in [0.1, 0.15) is 0 Å². The van der Waals surface area contributed by atoms with Gasteiger partial charge in [0.25, 0.3) is 0 Å². The van der Waals surface area contributed by atoms with Crippen LogP contribution in [0.25, 0.3) is 0 Å². The van der Waals surface area contributed by atoms with Crippen LogP contribution in [-0.2, 0) is 31.7 Å². The highest BCUT2D eigenvalue weighted by molar-refractivity contribution is 6.03. The maximum Gasteiger partial charge on any atom is 0.453 e. The molecule has 2 aromatic rings. The number of carbonyl (C=O) groups is 2. The van der Waals surface area contributed by atoms with Crippen molar-refractivity contribution in [2.24, 2.45) is 11.7 Å². The molecule has 220 valence electrons. The number of carbonyl (C=O) groups excluding carboxylic acids is 2. The first kappa shape index (κ1) is 31.2. The van der Waals surface area contributed by atoms with Gasteiger partial charge in [-0.05, 0) is 73.5 Å². The summed E-state index contributed by atoms with van der Waals surface area (Å²) in [7, 11) is 0. The van der Waals surface area contributed by atoms with Gasteiger partial charge < -0.3 is 29.8 Å². The minimum atomic E-state index is -4.52. The number of fused-ring (bicyclic) bond motifs is 1. The van der Waals surface area contributed by atoms with Crippen LogP contribution in [0.3, 0.4) is 0 Å². The van der Waals surface area contributed by atoms with Crippen LogP contribution in [0.1, 0.15) is 68.7 Å². The molecule has 0 aromatic heterocycles. The number of aliphatic hydroxyl groups is 1. The lowest BCUT2D eigenvalue weighted by molar-refractivity contribution is -0.202. The predicted molar refractivity (Wildman–Crippen MR) is 139 cm³/mol. The summed E-state index contributed by atoms with van der Waals surface area (Å²) in [5.74, 6) is -4.46. The molecule has 0 bridgehead atoms. The Kier molecular flexibility index (Phi) is 10.8. The third kappa shape index (κ3) is 7.66. The highest BCUT2D eigenvalue weighted by atomic mass is 19.4. The zero-order valence-electron chi connectivity index (χ0n) is 22.7. The third-order valence-electron chi connectivity index (χ3n) is 6.53. The SMILES string of the molecule is CCCCOC(=O)C1(C(=O)OCCCC)Oc2ccc(CC(CN)CC(O)c3cccc(C(F)(F)F)c3)cc2O1. The van der Waals surface area contributed by atoms with Gasteiger partial charge in [0, 0.05) is 0 Å². The van der Waals surface area contributed by atoms with Crippen molar-refractivity contribution >= 4 is 11.9 Å². The molecule has 0 aliphatic carbocycles. The summed E-state index contributed by atoms with van der Waals surface area (Å²) in [6, 6.07) is 9.40. The van der Waals surface area contributed by atoms with Crippen molar-refractivity contribution in [2.75, 3.05) is 19.8 Å². The fourth-order valence-electron chi connectivity index (χ4n) is 4.20. The van der Waals surface area contributed by atoms with Gasteiger partial charge in [0.15, 0.2) is 11.5 Å². The zero-order valence-corrected chi connectivity index (χ0v) is 22.7. The average Bonchev–Trinajstić information content (AvgIpc) is 3.32. The van der Waals surface area contributed by atoms with Crippen LogP contribution >= 0.6 is 0 Å². The number of benzene rings is 2. The van der Waals surface area contributed by atoms with Crippen molar-refractivity contribution < 1.29 is 46.8 Å². The number of hydrogen-bond donors (Lipinski definition) is 2. The third-order valence-corrected chi connectivity index (χ3v) is 6.53. The van der Waals surface area contributed by atoms with Gasteiger partial charge in [-0.1, -0.05) is 44.9 Å². The molecule has 1 heterocycles. The van der Waals surface area contributed by atoms with Gasteiger partial charge in [-0.25, -0.2) is 9.59 Å². The fourth-order valence-corrected chi connectivity index (χ4v) is 4.20. The van der Waals surface area contributed by atoms with E-state index in [4.69, 9.17) is 24.7 Å². The lowest BCUT2D eigenvalue weighted by atomic mass is 9.90. The summed E-state index contributed by atoms with van der Waals surface area (Å²) in [6.07, 6.45) is -2.48. The van der Waals surface area contributed by atoms with E-state index in [1.165, 1.54) is 12.1 Å². The molecular weight excluding hydrogens is 531 g/mol. The first-order valence-corrected chi connectivity index (χ1v) is 13.4. The number of aliphatic hydroxyl groups excluding tert-OH is 1. The molecule has 0 fully saturated rings. The van der Waals surface area contributed by atoms with E-state index < -0.39 is 35.6 Å². The van der Waals surface area contributed by atoms with Gasteiger partial charge in [0.05, 0.1) is 24.9 Å². The van der Waals surface area contributed by atoms with Crippen LogP contribution in [0, 0.1) is 5.92 Å². The summed E-state index contributed by atoms with van der Waals surface area (Å²) in [6.45, 7) is 4.17. The smallest absolute Gasteiger partial charge is 0.453 e. The minimum absolute atomic E-state index is 0.0834. The Labute approximate surface area is 231 Å². The number of ether oxygens (including phenoxy) is 4. The molecular formula is C29H36F3NO7. The van der Waals surface area contributed by atoms with Gasteiger partial charge in [-0.2, -0.15) is 13.2 Å². The summed E-state index contributed by atoms with van der Waals surface area (Å²) < 4.78 is 61.2. The summed E-state index contributed by atoms with van der Waals surface area (Å²) in [4.78, 5) is 25.9. The summed E-state index contributed by atoms with van der Waals surface area (Å²) in [5.41, 5.74) is 5.93. The molecule has 0 spiro atoms. The highest BCUT2D eigenvalue weighted by Crippen LogP contribution is 2.42. The molecule has 1 aliphatic heterocycles. The largest absolute Gasteiger partial charge is 0.459 e. The topological polar surface area (TPSA) is 117 Å². The average molecular weight is 568 g/mol. The first-order chi connectivity index (χ1) is 19.0. The lowest BCUT2D eigenvalue weighted by Gasteiger charge is -2.23. The highest BCUT2D eigenvalue weighted by Gasteiger charge is 2.59. The Bertz CT molecular complexity index is 1130. The Morgan fingerprint density at radius 3 is 2.17 bits per heavy atom. The molecule has 0 radical (unpaired) electrons. The van der Waals surface area contributed by atoms with E-state index in [1.807, 2.05) is 13.8 Å². The Hall–Kier alpha value is -3.31. The molecule has 8 nitrogen and oxygen atoms in total. The Morgan fingerprint density at radius 2 is 1.60 bits per heavy atom. The molecule has 11 heteroatoms. The molecule has 40 heavy (non-hydrogen) atoms. The number of esters is 2. The molecule has 0 amide bonds. The van der Waals surface area contributed by atoms with E-state index >= 15 is 0 Å². The molecule has 1 aliphatic rings. The fraction of sp³-hybridized carbons (Fsp3) is 0.517. The molecule has 3 rings (SSSR count). The number of unbranched alkanes of at least 4 members (excludes halogenated alkanes) is 2. The Morgan fingerprint density at radius 1 is 0.975 bits per heavy atom. The second-order valence-corrected chi connectivity index (χ2v) is 9.76. The normalized spacial score (nSPS) is 15.4. The Balaban J connectivity index is 1.74. The summed E-state index contributed by atoms with van der Waals surface area (Å²) in [5, 5.41) is 10.6. The number of nitrogens with two attached hydrogens (primary N) is 1. The van der Waals surface area contributed by atoms with Crippen molar-refractivity contribution in [1.82, 2.24) is 0 Å². The number of rotatable bonds is 14. The van der Waals surface area contributed by atoms with Gasteiger partial charge in [0.2, 0.25) is 0 Å². The number of hydrogen-bond acceptors (Lipinski definition) is 8. The van der Waals surface area contributed by atoms with Crippen LogP contribution in [-0.4, -0.2) is 42.6 Å². The van der Waals surface area contributed by atoms with Crippen LogP contribution < -0.4 is 15.2 Å². The van der Waals surface area contributed by atoms with Crippen molar-refractivity contribution in [3.63, 3.8) is 0 Å². The van der Waals surface area contributed by atoms with E-state index in [9.17, 15) is 27.9 Å². The molecule has 0 saturated carbocycles. The second-order valence-electron chi connectivity index (χ2n) is 9.76. The van der Waals surface area contributed by atoms with Crippen LogP contribution in [0.2, 0.25) is 0 Å². The van der Waals surface area contributed by atoms with E-state index in [0.29, 0.717) is 24.8 Å². The van der Waals surface area contributed by atoms with Crippen molar-refractivity contribution in [3.05, 3.63) is 59.2 Å². The van der Waals surface area contributed by atoms with E-state index in [0.717, 1.165) is 25.0 Å². The standard InChI is InChI=1S/C29H36F3NO7/c1-3-5-12-37-26(35)28(27(36)38-13-6-4-2)39-24-11-10-19(16-25(24)40-28)14-20(18-33)15-23(34)21-8-7-9-22(17-21)29(30,31)32/h7-11,16-17,20,23,34H,3-6,12-15,18,33H2,1-2H3. The molecule has 0 saturated heterocycles. The van der Waals surface area contributed by atoms with E-state index in [-0.39, 0.29) is 49.2 Å². The lowest BCUT2D eigenvalue weighted by Crippen LogP contribution is -2.56. The number of alkyl halides is 3. The van der Waals surface area contributed by atoms with Crippen molar-refractivity contribution in [3.8, 4) is 11.5 Å². The van der Waals surface area contributed by atoms with Crippen molar-refractivity contribution in [2.45, 2.75) is 70.4 Å². The maximum absolute atomic E-state index is 13.1. The quantitative estimate of drug-likeness (QED) is 0.184. The minimum Gasteiger partial charge on any atom is -0.459 e. The molecule has 2 aromatic carbocycles. The van der Waals surface area contributed by atoms with E-state index in [2.05, 4.69) is 0 Å². The monoisotopic (exact) mass is 567 g/mol. The van der Waals surface area contributed by atoms with E-state index in [1.54, 1.807) is 18.2 Å². The van der Waals surface area contributed by atoms with Crippen LogP contribution in [0.15, 0.2) is 42.5 Å². The van der Waals surface area contributed by atoms with Crippen molar-refractivity contribution in [1.29, 1.82) is 0 Å². The maximum atomic E-state index is 13.1. The van der Waals surface area contributed by atoms with Gasteiger partial charge in [-0.3, -0.25) is 0 Å². The molecule has 2 atom stereocenters. The number of halogens is 3. The second kappa shape index (κ2) is 13.8. The predicted octanol–water partition coefficient (Wildman–Crippen LogP) is 5.10. The van der Waals surface area contributed by atoms with Crippen LogP contribution in [0.4, 0.5) is 13.2 Å².